The number of fused-ring (bicyclic) bond motifs is 1. The van der Waals surface area contributed by atoms with Crippen molar-refractivity contribution in [2.75, 3.05) is 30.3 Å². The van der Waals surface area contributed by atoms with E-state index < -0.39 is 12.1 Å². The molecule has 1 aliphatic heterocycles. The van der Waals surface area contributed by atoms with Gasteiger partial charge in [0, 0.05) is 43.5 Å². The fourth-order valence-electron chi connectivity index (χ4n) is 4.12. The number of nitrogens with two attached hydrogens (primary N) is 1. The van der Waals surface area contributed by atoms with Crippen LogP contribution < -0.4 is 16.0 Å². The molecule has 3 aromatic rings. The number of aliphatic hydroxyl groups is 1. The second-order valence-electron chi connectivity index (χ2n) is 7.88. The number of nitrogens with one attached hydrogen (secondary N) is 2. The minimum Gasteiger partial charge on any atom is -0.477 e. The molecule has 10 heteroatoms. The number of carboxylic acid groups (broad SMARTS) is 1. The highest BCUT2D eigenvalue weighted by Gasteiger charge is 2.24. The standard InChI is InChI=1S/C21H28N6O3S/c1-2-3-12-10-15(26-20-16(12)17(22)18(31-20)21(29)30)27-8-4-13(5-9-27)25-11-14(28)19-23-6-7-24-19/h6-7,10,13-14,25,28H,2-5,8-9,11,22H2,1H3,(H,23,24)(H,29,30). The number of aromatic amines is 1. The van der Waals surface area contributed by atoms with Gasteiger partial charge < -0.3 is 31.1 Å². The fraction of sp³-hybridized carbons (Fsp3) is 0.476. The number of nitrogens with zero attached hydrogens (tertiary/aromatic N) is 3. The summed E-state index contributed by atoms with van der Waals surface area (Å²) in [5, 5.41) is 23.9. The molecule has 0 radical (unpaired) electrons. The van der Waals surface area contributed by atoms with Crippen LogP contribution in [0.2, 0.25) is 0 Å². The van der Waals surface area contributed by atoms with E-state index in [2.05, 4.69) is 33.2 Å². The lowest BCUT2D eigenvalue weighted by Gasteiger charge is -2.33. The van der Waals surface area contributed by atoms with Crippen molar-refractivity contribution in [2.45, 2.75) is 44.8 Å². The van der Waals surface area contributed by atoms with E-state index in [1.807, 2.05) is 0 Å². The predicted molar refractivity (Wildman–Crippen MR) is 122 cm³/mol. The van der Waals surface area contributed by atoms with E-state index >= 15 is 0 Å². The maximum absolute atomic E-state index is 11.5. The Bertz CT molecular complexity index is 1040. The number of aryl methyl sites for hydroxylation is 1. The molecular weight excluding hydrogens is 416 g/mol. The molecule has 0 amide bonds. The second kappa shape index (κ2) is 9.21. The second-order valence-corrected chi connectivity index (χ2v) is 8.88. The van der Waals surface area contributed by atoms with E-state index in [0.29, 0.717) is 28.9 Å². The Labute approximate surface area is 184 Å². The van der Waals surface area contributed by atoms with E-state index in [4.69, 9.17) is 10.7 Å². The van der Waals surface area contributed by atoms with Crippen LogP contribution in [-0.2, 0) is 6.42 Å². The average molecular weight is 445 g/mol. The molecule has 6 N–H and O–H groups in total. The molecule has 1 unspecified atom stereocenters. The van der Waals surface area contributed by atoms with Crippen LogP contribution in [0.15, 0.2) is 18.5 Å². The Morgan fingerprint density at radius 1 is 1.45 bits per heavy atom. The van der Waals surface area contributed by atoms with Crippen molar-refractivity contribution in [3.63, 3.8) is 0 Å². The molecule has 9 nitrogen and oxygen atoms in total. The van der Waals surface area contributed by atoms with Gasteiger partial charge in [0.1, 0.15) is 27.5 Å². The smallest absolute Gasteiger partial charge is 0.348 e. The van der Waals surface area contributed by atoms with Crippen molar-refractivity contribution in [1.29, 1.82) is 0 Å². The third kappa shape index (κ3) is 4.51. The summed E-state index contributed by atoms with van der Waals surface area (Å²) in [5.41, 5.74) is 7.54. The number of hydrogen-bond donors (Lipinski definition) is 5. The summed E-state index contributed by atoms with van der Waals surface area (Å²) >= 11 is 1.15. The molecule has 1 aliphatic rings. The number of aromatic carboxylic acids is 1. The van der Waals surface area contributed by atoms with Crippen LogP contribution in [0.3, 0.4) is 0 Å². The van der Waals surface area contributed by atoms with Gasteiger partial charge in [0.15, 0.2) is 0 Å². The average Bonchev–Trinajstić information content (AvgIpc) is 3.41. The minimum atomic E-state index is -1.01. The third-order valence-corrected chi connectivity index (χ3v) is 6.82. The monoisotopic (exact) mass is 444 g/mol. The number of imidazole rings is 1. The number of rotatable bonds is 8. The molecule has 1 atom stereocenters. The normalized spacial score (nSPS) is 16.1. The van der Waals surface area contributed by atoms with Gasteiger partial charge in [-0.25, -0.2) is 14.8 Å². The van der Waals surface area contributed by atoms with Crippen molar-refractivity contribution < 1.29 is 15.0 Å². The van der Waals surface area contributed by atoms with Gasteiger partial charge in [-0.15, -0.1) is 11.3 Å². The van der Waals surface area contributed by atoms with Gasteiger partial charge in [-0.1, -0.05) is 13.3 Å². The fourth-order valence-corrected chi connectivity index (χ4v) is 5.09. The molecule has 3 aromatic heterocycles. The predicted octanol–water partition coefficient (Wildman–Crippen LogP) is 2.54. The summed E-state index contributed by atoms with van der Waals surface area (Å²) in [6.45, 7) is 4.23. The molecule has 0 bridgehead atoms. The van der Waals surface area contributed by atoms with Crippen molar-refractivity contribution in [1.82, 2.24) is 20.3 Å². The lowest BCUT2D eigenvalue weighted by molar-refractivity contribution is 0.0703. The summed E-state index contributed by atoms with van der Waals surface area (Å²) in [6, 6.07) is 2.38. The van der Waals surface area contributed by atoms with E-state index in [1.165, 1.54) is 0 Å². The Kier molecular flexibility index (Phi) is 6.40. The van der Waals surface area contributed by atoms with Crippen molar-refractivity contribution in [3.8, 4) is 0 Å². The summed E-state index contributed by atoms with van der Waals surface area (Å²) in [6.07, 6.45) is 6.32. The van der Waals surface area contributed by atoms with Crippen LogP contribution in [0.4, 0.5) is 11.5 Å². The van der Waals surface area contributed by atoms with Gasteiger partial charge in [-0.2, -0.15) is 0 Å². The van der Waals surface area contributed by atoms with Gasteiger partial charge in [0.25, 0.3) is 0 Å². The van der Waals surface area contributed by atoms with E-state index in [1.54, 1.807) is 12.4 Å². The van der Waals surface area contributed by atoms with E-state index in [-0.39, 0.29) is 4.88 Å². The highest BCUT2D eigenvalue weighted by Crippen LogP contribution is 2.37. The largest absolute Gasteiger partial charge is 0.477 e. The van der Waals surface area contributed by atoms with Crippen molar-refractivity contribution >= 4 is 39.0 Å². The van der Waals surface area contributed by atoms with Gasteiger partial charge in [-0.3, -0.25) is 0 Å². The number of pyridine rings is 1. The van der Waals surface area contributed by atoms with Crippen LogP contribution in [0, 0.1) is 0 Å². The SMILES string of the molecule is CCCc1cc(N2CCC(NCC(O)c3ncc[nH]3)CC2)nc2sc(C(=O)O)c(N)c12. The highest BCUT2D eigenvalue weighted by atomic mass is 32.1. The van der Waals surface area contributed by atoms with Crippen LogP contribution in [0.1, 0.15) is 53.3 Å². The number of hydrogen-bond acceptors (Lipinski definition) is 8. The van der Waals surface area contributed by atoms with Gasteiger partial charge in [-0.05, 0) is 30.9 Å². The molecule has 0 spiro atoms. The quantitative estimate of drug-likeness (QED) is 0.357. The van der Waals surface area contributed by atoms with Crippen LogP contribution in [0.25, 0.3) is 10.2 Å². The molecular formula is C21H28N6O3S. The lowest BCUT2D eigenvalue weighted by atomic mass is 10.0. The molecule has 0 aliphatic carbocycles. The first kappa shape index (κ1) is 21.5. The Balaban J connectivity index is 1.45. The van der Waals surface area contributed by atoms with Crippen LogP contribution in [-0.4, -0.2) is 56.8 Å². The van der Waals surface area contributed by atoms with Gasteiger partial charge in [0.2, 0.25) is 0 Å². The molecule has 0 saturated carbocycles. The highest BCUT2D eigenvalue weighted by molar-refractivity contribution is 7.21. The van der Waals surface area contributed by atoms with E-state index in [0.717, 1.165) is 66.9 Å². The molecule has 1 saturated heterocycles. The number of aromatic nitrogens is 3. The zero-order valence-corrected chi connectivity index (χ0v) is 18.3. The number of piperidine rings is 1. The Hall–Kier alpha value is -2.69. The number of aliphatic hydroxyl groups excluding tert-OH is 1. The maximum Gasteiger partial charge on any atom is 0.348 e. The van der Waals surface area contributed by atoms with Crippen LogP contribution >= 0.6 is 11.3 Å². The third-order valence-electron chi connectivity index (χ3n) is 5.73. The first-order valence-corrected chi connectivity index (χ1v) is 11.4. The van der Waals surface area contributed by atoms with E-state index in [9.17, 15) is 15.0 Å². The topological polar surface area (TPSA) is 140 Å². The number of carbonyl (C=O) groups is 1. The molecule has 1 fully saturated rings. The number of H-pyrrole nitrogens is 1. The Morgan fingerprint density at radius 3 is 2.87 bits per heavy atom. The zero-order chi connectivity index (χ0) is 22.0. The molecule has 4 rings (SSSR count). The molecule has 4 heterocycles. The summed E-state index contributed by atoms with van der Waals surface area (Å²) < 4.78 is 0. The van der Waals surface area contributed by atoms with Crippen molar-refractivity contribution in [3.05, 3.63) is 34.7 Å². The number of carboxylic acids is 1. The molecule has 31 heavy (non-hydrogen) atoms. The first-order valence-electron chi connectivity index (χ1n) is 10.6. The lowest BCUT2D eigenvalue weighted by Crippen LogP contribution is -2.44. The summed E-state index contributed by atoms with van der Waals surface area (Å²) in [5.74, 6) is 0.443. The summed E-state index contributed by atoms with van der Waals surface area (Å²) in [7, 11) is 0. The van der Waals surface area contributed by atoms with Crippen molar-refractivity contribution in [2.24, 2.45) is 0 Å². The zero-order valence-electron chi connectivity index (χ0n) is 17.5. The van der Waals surface area contributed by atoms with Gasteiger partial charge in [0.05, 0.1) is 5.69 Å². The number of thiophene rings is 1. The Morgan fingerprint density at radius 2 is 2.23 bits per heavy atom. The van der Waals surface area contributed by atoms with Crippen LogP contribution in [0.5, 0.6) is 0 Å². The number of anilines is 2. The summed E-state index contributed by atoms with van der Waals surface area (Å²) in [4.78, 5) is 26.4. The number of nitrogen functional groups attached to an aromatic ring is 1. The minimum absolute atomic E-state index is 0.162. The molecule has 0 aromatic carbocycles. The van der Waals surface area contributed by atoms with Gasteiger partial charge >= 0.3 is 5.97 Å². The maximum atomic E-state index is 11.5. The first-order chi connectivity index (χ1) is 15.0. The molecule has 166 valence electrons.